The molecule has 10 heteroatoms. The minimum absolute atomic E-state index is 0.270. The van der Waals surface area contributed by atoms with Gasteiger partial charge >= 0.3 is 11.7 Å². The molecule has 1 rings (SSSR count). The Hall–Kier alpha value is -2.49. The van der Waals surface area contributed by atoms with Gasteiger partial charge in [0.15, 0.2) is 5.60 Å². The van der Waals surface area contributed by atoms with Gasteiger partial charge in [-0.05, 0) is 20.8 Å². The van der Waals surface area contributed by atoms with Gasteiger partial charge < -0.3 is 15.5 Å². The number of carbonyl (C=O) groups excluding carboxylic acids is 1. The molecule has 116 valence electrons. The number of hydrogen-bond donors (Lipinski definition) is 3. The van der Waals surface area contributed by atoms with Crippen LogP contribution in [0, 0.1) is 10.1 Å². The highest BCUT2D eigenvalue weighted by atomic mass is 16.6. The number of nitrogens with one attached hydrogen (secondary N) is 1. The van der Waals surface area contributed by atoms with Gasteiger partial charge in [0, 0.05) is 0 Å². The molecule has 1 unspecified atom stereocenters. The lowest BCUT2D eigenvalue weighted by Crippen LogP contribution is -2.52. The Labute approximate surface area is 119 Å². The molecule has 21 heavy (non-hydrogen) atoms. The van der Waals surface area contributed by atoms with Crippen molar-refractivity contribution in [3.05, 3.63) is 22.5 Å². The fraction of sp³-hybridized carbons (Fsp3) is 0.545. The van der Waals surface area contributed by atoms with E-state index in [1.807, 2.05) is 0 Å². The van der Waals surface area contributed by atoms with E-state index < -0.39 is 34.5 Å². The maximum atomic E-state index is 12.1. The van der Waals surface area contributed by atoms with Crippen LogP contribution in [-0.4, -0.2) is 48.9 Å². The fourth-order valence-corrected chi connectivity index (χ4v) is 1.36. The zero-order valence-corrected chi connectivity index (χ0v) is 11.7. The number of aliphatic hydroxyl groups is 1. The summed E-state index contributed by atoms with van der Waals surface area (Å²) in [4.78, 5) is 32.8. The Balaban J connectivity index is 2.84. The van der Waals surface area contributed by atoms with Gasteiger partial charge in [-0.1, -0.05) is 0 Å². The van der Waals surface area contributed by atoms with E-state index in [1.54, 1.807) is 0 Å². The number of aromatic nitrogens is 2. The zero-order valence-electron chi connectivity index (χ0n) is 11.7. The number of carboxylic acid groups (broad SMARTS) is 1. The van der Waals surface area contributed by atoms with Gasteiger partial charge in [-0.15, -0.1) is 0 Å². The van der Waals surface area contributed by atoms with E-state index in [1.165, 1.54) is 13.8 Å². The number of carbonyl (C=O) groups is 2. The highest BCUT2D eigenvalue weighted by molar-refractivity contribution is 5.85. The normalized spacial score (nSPS) is 14.3. The molecule has 0 fully saturated rings. The van der Waals surface area contributed by atoms with E-state index in [-0.39, 0.29) is 5.69 Å². The van der Waals surface area contributed by atoms with E-state index in [4.69, 9.17) is 5.11 Å². The predicted molar refractivity (Wildman–Crippen MR) is 69.5 cm³/mol. The van der Waals surface area contributed by atoms with Crippen LogP contribution >= 0.6 is 0 Å². The van der Waals surface area contributed by atoms with Crippen molar-refractivity contribution >= 4 is 17.6 Å². The molecule has 1 aromatic rings. The average molecular weight is 300 g/mol. The Kier molecular flexibility index (Phi) is 4.32. The minimum Gasteiger partial charge on any atom is -0.479 e. The second-order valence-corrected chi connectivity index (χ2v) is 5.22. The lowest BCUT2D eigenvalue weighted by molar-refractivity contribution is -0.385. The molecule has 1 atom stereocenters. The van der Waals surface area contributed by atoms with Gasteiger partial charge in [-0.25, -0.2) is 4.79 Å². The molecule has 0 aliphatic heterocycles. The van der Waals surface area contributed by atoms with Crippen LogP contribution < -0.4 is 5.32 Å². The van der Waals surface area contributed by atoms with Gasteiger partial charge in [-0.2, -0.15) is 5.10 Å². The van der Waals surface area contributed by atoms with E-state index in [9.17, 15) is 24.8 Å². The van der Waals surface area contributed by atoms with Gasteiger partial charge in [-0.3, -0.25) is 19.6 Å². The van der Waals surface area contributed by atoms with Crippen molar-refractivity contribution in [3.63, 3.8) is 0 Å². The third-order valence-corrected chi connectivity index (χ3v) is 2.96. The molecule has 0 aliphatic carbocycles. The van der Waals surface area contributed by atoms with Crippen molar-refractivity contribution in [2.45, 2.75) is 31.9 Å². The number of amides is 1. The molecule has 3 N–H and O–H groups in total. The van der Waals surface area contributed by atoms with Gasteiger partial charge in [0.25, 0.3) is 0 Å². The molecule has 10 nitrogen and oxygen atoms in total. The van der Waals surface area contributed by atoms with Crippen molar-refractivity contribution in [2.24, 2.45) is 0 Å². The van der Waals surface area contributed by atoms with Crippen LogP contribution in [0.1, 0.15) is 20.8 Å². The maximum Gasteiger partial charge on any atom is 0.337 e. The number of nitro groups is 1. The van der Waals surface area contributed by atoms with E-state index in [2.05, 4.69) is 10.4 Å². The number of rotatable bonds is 6. The summed E-state index contributed by atoms with van der Waals surface area (Å²) in [5.41, 5.74) is -3.67. The molecule has 0 radical (unpaired) electrons. The maximum absolute atomic E-state index is 12.1. The number of hydrogen-bond acceptors (Lipinski definition) is 6. The van der Waals surface area contributed by atoms with Crippen LogP contribution in [0.5, 0.6) is 0 Å². The summed E-state index contributed by atoms with van der Waals surface area (Å²) in [5, 5.41) is 34.9. The fourth-order valence-electron chi connectivity index (χ4n) is 1.36. The summed E-state index contributed by atoms with van der Waals surface area (Å²) in [7, 11) is 0. The molecular formula is C11H16N4O6. The van der Waals surface area contributed by atoms with Gasteiger partial charge in [0.05, 0.1) is 11.5 Å². The van der Waals surface area contributed by atoms with Crippen LogP contribution in [-0.2, 0) is 15.1 Å². The first-order valence-corrected chi connectivity index (χ1v) is 5.92. The Morgan fingerprint density at radius 1 is 1.48 bits per heavy atom. The summed E-state index contributed by atoms with van der Waals surface area (Å²) < 4.78 is 1.09. The molecule has 1 amide bonds. The number of nitrogens with zero attached hydrogens (tertiary/aromatic N) is 3. The molecule has 1 aromatic heterocycles. The summed E-state index contributed by atoms with van der Waals surface area (Å²) in [6.07, 6.45) is 2.09. The van der Waals surface area contributed by atoms with Crippen LogP contribution in [0.15, 0.2) is 12.4 Å². The highest BCUT2D eigenvalue weighted by Crippen LogP contribution is 2.18. The topological polar surface area (TPSA) is 148 Å². The molecule has 1 heterocycles. The van der Waals surface area contributed by atoms with Crippen LogP contribution in [0.3, 0.4) is 0 Å². The quantitative estimate of drug-likeness (QED) is 0.472. The van der Waals surface area contributed by atoms with E-state index >= 15 is 0 Å². The molecule has 0 saturated heterocycles. The zero-order chi connectivity index (χ0) is 16.4. The van der Waals surface area contributed by atoms with Crippen molar-refractivity contribution < 1.29 is 24.7 Å². The third kappa shape index (κ3) is 3.54. The molecule has 0 spiro atoms. The average Bonchev–Trinajstić information content (AvgIpc) is 2.86. The highest BCUT2D eigenvalue weighted by Gasteiger charge is 2.35. The molecule has 0 aliphatic rings. The second-order valence-electron chi connectivity index (χ2n) is 5.22. The van der Waals surface area contributed by atoms with Crippen LogP contribution in [0.2, 0.25) is 0 Å². The first-order valence-electron chi connectivity index (χ1n) is 5.92. The summed E-state index contributed by atoms with van der Waals surface area (Å²) in [6.45, 7) is 3.44. The second kappa shape index (κ2) is 5.48. The SMILES string of the molecule is CC(O)(CNC(=O)C(C)(C)n1cc([N+](=O)[O-])cn1)C(=O)O. The Morgan fingerprint density at radius 3 is 2.48 bits per heavy atom. The van der Waals surface area contributed by atoms with E-state index in [0.717, 1.165) is 24.0 Å². The molecular weight excluding hydrogens is 284 g/mol. The standard InChI is InChI=1S/C11H16N4O6/c1-10(2,14-5-7(4-13-14)15(20)21)8(16)12-6-11(3,19)9(17)18/h4-5,19H,6H2,1-3H3,(H,12,16)(H,17,18). The number of carboxylic acids is 1. The molecule has 0 aromatic carbocycles. The first-order chi connectivity index (χ1) is 9.48. The summed E-state index contributed by atoms with van der Waals surface area (Å²) in [6, 6.07) is 0. The smallest absolute Gasteiger partial charge is 0.337 e. The van der Waals surface area contributed by atoms with Crippen LogP contribution in [0.4, 0.5) is 5.69 Å². The summed E-state index contributed by atoms with van der Waals surface area (Å²) in [5.74, 6) is -2.11. The monoisotopic (exact) mass is 300 g/mol. The largest absolute Gasteiger partial charge is 0.479 e. The third-order valence-electron chi connectivity index (χ3n) is 2.96. The Bertz CT molecular complexity index is 577. The number of aliphatic carboxylic acids is 1. The van der Waals surface area contributed by atoms with Crippen molar-refractivity contribution in [3.8, 4) is 0 Å². The first kappa shape index (κ1) is 16.6. The van der Waals surface area contributed by atoms with Crippen LogP contribution in [0.25, 0.3) is 0 Å². The van der Waals surface area contributed by atoms with Crippen molar-refractivity contribution in [1.29, 1.82) is 0 Å². The molecule has 0 saturated carbocycles. The van der Waals surface area contributed by atoms with Crippen molar-refractivity contribution in [1.82, 2.24) is 15.1 Å². The lowest BCUT2D eigenvalue weighted by atomic mass is 10.0. The van der Waals surface area contributed by atoms with E-state index in [0.29, 0.717) is 0 Å². The molecule has 0 bridgehead atoms. The lowest BCUT2D eigenvalue weighted by Gasteiger charge is -2.26. The van der Waals surface area contributed by atoms with Gasteiger partial charge in [0.2, 0.25) is 5.91 Å². The van der Waals surface area contributed by atoms with Gasteiger partial charge in [0.1, 0.15) is 17.9 Å². The van der Waals surface area contributed by atoms with Crippen molar-refractivity contribution in [2.75, 3.05) is 6.54 Å². The minimum atomic E-state index is -2.11. The predicted octanol–water partition coefficient (Wildman–Crippen LogP) is -0.522. The Morgan fingerprint density at radius 2 is 2.05 bits per heavy atom. The summed E-state index contributed by atoms with van der Waals surface area (Å²) >= 11 is 0.